The molecule has 3 saturated heterocycles. The van der Waals surface area contributed by atoms with E-state index in [-0.39, 0.29) is 23.8 Å². The zero-order valence-corrected chi connectivity index (χ0v) is 19.7. The molecule has 2 aromatic rings. The number of likely N-dealkylation sites (tertiary alicyclic amines) is 1. The number of urea groups is 1. The Balaban J connectivity index is 1.16. The molecule has 182 valence electrons. The molecule has 0 saturated carbocycles. The van der Waals surface area contributed by atoms with E-state index in [9.17, 15) is 14.4 Å². The second-order valence-corrected chi connectivity index (χ2v) is 9.73. The van der Waals surface area contributed by atoms with E-state index in [0.29, 0.717) is 58.7 Å². The topological polar surface area (TPSA) is 98.0 Å². The smallest absolute Gasteiger partial charge is 0.325 e. The van der Waals surface area contributed by atoms with Crippen molar-refractivity contribution in [2.24, 2.45) is 5.92 Å². The molecule has 3 fully saturated rings. The number of ether oxygens (including phenoxy) is 1. The maximum absolute atomic E-state index is 13.3. The van der Waals surface area contributed by atoms with Crippen molar-refractivity contribution in [3.8, 4) is 0 Å². The number of piperidine rings is 1. The molecule has 0 spiro atoms. The van der Waals surface area contributed by atoms with Crippen LogP contribution in [0.15, 0.2) is 30.5 Å². The molecule has 1 aromatic heterocycles. The second kappa shape index (κ2) is 9.38. The summed E-state index contributed by atoms with van der Waals surface area (Å²) in [5.41, 5.74) is 1.13. The van der Waals surface area contributed by atoms with Crippen molar-refractivity contribution in [1.29, 1.82) is 0 Å². The number of carbonyl (C=O) groups is 3. The highest BCUT2D eigenvalue weighted by Gasteiger charge is 2.52. The normalized spacial score (nSPS) is 24.7. The molecule has 5 rings (SSSR count). The lowest BCUT2D eigenvalue weighted by molar-refractivity contribution is -0.135. The molecule has 0 unspecified atom stereocenters. The van der Waals surface area contributed by atoms with Gasteiger partial charge in [0.2, 0.25) is 5.91 Å². The summed E-state index contributed by atoms with van der Waals surface area (Å²) < 4.78 is 5.37. The molecule has 2 N–H and O–H groups in total. The number of nitrogens with zero attached hydrogens (tertiary/aromatic N) is 3. The second-order valence-electron chi connectivity index (χ2n) is 9.73. The van der Waals surface area contributed by atoms with Gasteiger partial charge in [0, 0.05) is 56.4 Å². The number of hydrogen-bond donors (Lipinski definition) is 2. The minimum Gasteiger partial charge on any atom is -0.379 e. The minimum absolute atomic E-state index is 0.00877. The van der Waals surface area contributed by atoms with Gasteiger partial charge in [-0.2, -0.15) is 0 Å². The third-order valence-corrected chi connectivity index (χ3v) is 7.73. The zero-order chi connectivity index (χ0) is 23.7. The number of H-pyrrole nitrogens is 1. The lowest BCUT2D eigenvalue weighted by Crippen LogP contribution is -2.54. The Kier molecular flexibility index (Phi) is 6.31. The van der Waals surface area contributed by atoms with Crippen LogP contribution in [-0.2, 0) is 20.7 Å². The quantitative estimate of drug-likeness (QED) is 0.629. The summed E-state index contributed by atoms with van der Waals surface area (Å²) >= 11 is 0. The van der Waals surface area contributed by atoms with Gasteiger partial charge in [-0.05, 0) is 37.3 Å². The number of hydrogen-bond acceptors (Lipinski definition) is 5. The van der Waals surface area contributed by atoms with Gasteiger partial charge in [0.1, 0.15) is 5.54 Å². The van der Waals surface area contributed by atoms with Crippen molar-refractivity contribution in [1.82, 2.24) is 25.0 Å². The Morgan fingerprint density at radius 2 is 1.82 bits per heavy atom. The van der Waals surface area contributed by atoms with E-state index in [4.69, 9.17) is 4.74 Å². The van der Waals surface area contributed by atoms with Gasteiger partial charge in [-0.1, -0.05) is 18.2 Å². The van der Waals surface area contributed by atoms with Crippen molar-refractivity contribution < 1.29 is 19.1 Å². The van der Waals surface area contributed by atoms with Crippen LogP contribution in [0.3, 0.4) is 0 Å². The first-order chi connectivity index (χ1) is 16.5. The molecule has 3 aliphatic rings. The van der Waals surface area contributed by atoms with Gasteiger partial charge < -0.3 is 19.9 Å². The zero-order valence-electron chi connectivity index (χ0n) is 19.7. The van der Waals surface area contributed by atoms with Crippen LogP contribution in [0, 0.1) is 5.92 Å². The number of aromatic nitrogens is 1. The third kappa shape index (κ3) is 4.30. The summed E-state index contributed by atoms with van der Waals surface area (Å²) in [6, 6.07) is 7.68. The number of imide groups is 1. The standard InChI is InChI=1S/C25H33N5O4/c1-25(23(32)30(24(33)27-25)11-10-28-12-14-34-15-13-28)19-6-8-29(9-7-19)22(31)16-18-17-26-21-5-3-2-4-20(18)21/h2-5,17,19,26H,6-16H2,1H3,(H,27,33)/t25-/m1/s1. The number of fused-ring (bicyclic) bond motifs is 1. The first-order valence-electron chi connectivity index (χ1n) is 12.2. The molecule has 9 heteroatoms. The Bertz CT molecular complexity index is 1070. The Morgan fingerprint density at radius 3 is 2.59 bits per heavy atom. The predicted molar refractivity (Wildman–Crippen MR) is 127 cm³/mol. The van der Waals surface area contributed by atoms with Crippen LogP contribution in [0.5, 0.6) is 0 Å². The number of para-hydroxylation sites is 1. The largest absolute Gasteiger partial charge is 0.379 e. The molecular weight excluding hydrogens is 434 g/mol. The van der Waals surface area contributed by atoms with E-state index in [0.717, 1.165) is 29.6 Å². The third-order valence-electron chi connectivity index (χ3n) is 7.73. The van der Waals surface area contributed by atoms with Gasteiger partial charge in [-0.3, -0.25) is 19.4 Å². The lowest BCUT2D eigenvalue weighted by atomic mass is 9.79. The molecule has 1 aromatic carbocycles. The van der Waals surface area contributed by atoms with E-state index < -0.39 is 5.54 Å². The van der Waals surface area contributed by atoms with Crippen molar-refractivity contribution in [3.05, 3.63) is 36.0 Å². The molecule has 0 aliphatic carbocycles. The van der Waals surface area contributed by atoms with Gasteiger partial charge in [0.15, 0.2) is 0 Å². The number of rotatable bonds is 6. The van der Waals surface area contributed by atoms with Crippen LogP contribution < -0.4 is 5.32 Å². The van der Waals surface area contributed by atoms with Crippen LogP contribution in [-0.4, -0.2) is 95.6 Å². The Morgan fingerprint density at radius 1 is 1.09 bits per heavy atom. The molecule has 0 bridgehead atoms. The summed E-state index contributed by atoms with van der Waals surface area (Å²) in [5.74, 6) is -0.0360. The fraction of sp³-hybridized carbons (Fsp3) is 0.560. The Hall–Kier alpha value is -2.91. The maximum atomic E-state index is 13.3. The molecular formula is C25H33N5O4. The predicted octanol–water partition coefficient (Wildman–Crippen LogP) is 1.59. The number of amides is 4. The van der Waals surface area contributed by atoms with E-state index in [2.05, 4.69) is 15.2 Å². The van der Waals surface area contributed by atoms with Crippen molar-refractivity contribution in [2.75, 3.05) is 52.5 Å². The fourth-order valence-corrected chi connectivity index (χ4v) is 5.52. The van der Waals surface area contributed by atoms with Gasteiger partial charge in [0.25, 0.3) is 5.91 Å². The summed E-state index contributed by atoms with van der Waals surface area (Å²) in [5, 5.41) is 4.05. The summed E-state index contributed by atoms with van der Waals surface area (Å²) in [6.07, 6.45) is 3.66. The average molecular weight is 468 g/mol. The molecule has 0 radical (unpaired) electrons. The van der Waals surface area contributed by atoms with Gasteiger partial charge in [-0.15, -0.1) is 0 Å². The molecule has 3 aliphatic heterocycles. The maximum Gasteiger partial charge on any atom is 0.325 e. The Labute approximate surface area is 199 Å². The monoisotopic (exact) mass is 467 g/mol. The van der Waals surface area contributed by atoms with Crippen molar-refractivity contribution in [3.63, 3.8) is 0 Å². The molecule has 4 amide bonds. The van der Waals surface area contributed by atoms with Crippen LogP contribution in [0.1, 0.15) is 25.3 Å². The number of carbonyl (C=O) groups excluding carboxylic acids is 3. The number of benzene rings is 1. The summed E-state index contributed by atoms with van der Waals surface area (Å²) in [4.78, 5) is 47.6. The summed E-state index contributed by atoms with van der Waals surface area (Å²) in [6.45, 7) is 7.12. The van der Waals surface area contributed by atoms with E-state index in [1.165, 1.54) is 4.90 Å². The van der Waals surface area contributed by atoms with Crippen molar-refractivity contribution in [2.45, 2.75) is 31.7 Å². The lowest BCUT2D eigenvalue weighted by Gasteiger charge is -2.39. The van der Waals surface area contributed by atoms with Crippen LogP contribution >= 0.6 is 0 Å². The van der Waals surface area contributed by atoms with Gasteiger partial charge in [0.05, 0.1) is 19.6 Å². The van der Waals surface area contributed by atoms with Crippen molar-refractivity contribution >= 4 is 28.7 Å². The van der Waals surface area contributed by atoms with Gasteiger partial charge >= 0.3 is 6.03 Å². The van der Waals surface area contributed by atoms with Crippen LogP contribution in [0.4, 0.5) is 4.79 Å². The van der Waals surface area contributed by atoms with Gasteiger partial charge in [-0.25, -0.2) is 4.79 Å². The number of nitrogens with one attached hydrogen (secondary N) is 2. The number of morpholine rings is 1. The molecule has 4 heterocycles. The van der Waals surface area contributed by atoms with Crippen LogP contribution in [0.2, 0.25) is 0 Å². The molecule has 34 heavy (non-hydrogen) atoms. The average Bonchev–Trinajstić information content (AvgIpc) is 3.36. The highest BCUT2D eigenvalue weighted by molar-refractivity contribution is 6.07. The van der Waals surface area contributed by atoms with E-state index in [1.807, 2.05) is 42.3 Å². The first kappa shape index (κ1) is 22.9. The molecule has 1 atom stereocenters. The van der Waals surface area contributed by atoms with Crippen LogP contribution in [0.25, 0.3) is 10.9 Å². The first-order valence-corrected chi connectivity index (χ1v) is 12.2. The highest BCUT2D eigenvalue weighted by atomic mass is 16.5. The fourth-order valence-electron chi connectivity index (χ4n) is 5.52. The highest BCUT2D eigenvalue weighted by Crippen LogP contribution is 2.33. The minimum atomic E-state index is -0.909. The summed E-state index contributed by atoms with van der Waals surface area (Å²) in [7, 11) is 0. The molecule has 9 nitrogen and oxygen atoms in total. The van der Waals surface area contributed by atoms with E-state index >= 15 is 0 Å². The number of aromatic amines is 1. The SMILES string of the molecule is C[C@]1(C2CCN(C(=O)Cc3c[nH]c4ccccc34)CC2)NC(=O)N(CCN2CCOCC2)C1=O. The van der Waals surface area contributed by atoms with E-state index in [1.54, 1.807) is 0 Å².